The lowest BCUT2D eigenvalue weighted by molar-refractivity contribution is -0.134. The van der Waals surface area contributed by atoms with Crippen molar-refractivity contribution in [1.29, 1.82) is 0 Å². The Kier molecular flexibility index (Phi) is 4.09. The third-order valence-corrected chi connectivity index (χ3v) is 4.81. The topological polar surface area (TPSA) is 72.9 Å². The fraction of sp³-hybridized carbons (Fsp3) is 0.526. The van der Waals surface area contributed by atoms with Gasteiger partial charge in [0, 0.05) is 6.54 Å². The van der Waals surface area contributed by atoms with Crippen molar-refractivity contribution in [1.82, 2.24) is 4.90 Å². The van der Waals surface area contributed by atoms with Crippen molar-refractivity contribution < 1.29 is 23.9 Å². The molecule has 6 heteroatoms. The molecule has 1 aromatic carbocycles. The molecule has 134 valence electrons. The lowest BCUT2D eigenvalue weighted by Crippen LogP contribution is -2.41. The Morgan fingerprint density at radius 1 is 1.16 bits per heavy atom. The number of nitrogens with zero attached hydrogens (tertiary/aromatic N) is 1. The summed E-state index contributed by atoms with van der Waals surface area (Å²) in [4.78, 5) is 38.1. The van der Waals surface area contributed by atoms with Crippen molar-refractivity contribution in [2.45, 2.75) is 45.6 Å². The zero-order valence-corrected chi connectivity index (χ0v) is 15.0. The molecule has 1 aliphatic heterocycles. The van der Waals surface area contributed by atoms with Gasteiger partial charge in [0.05, 0.1) is 18.1 Å². The lowest BCUT2D eigenvalue weighted by Gasteiger charge is -2.25. The van der Waals surface area contributed by atoms with Crippen LogP contribution in [0.2, 0.25) is 0 Å². The van der Waals surface area contributed by atoms with Gasteiger partial charge in [-0.3, -0.25) is 4.79 Å². The third-order valence-electron chi connectivity index (χ3n) is 4.81. The zero-order valence-electron chi connectivity index (χ0n) is 15.0. The fourth-order valence-corrected chi connectivity index (χ4v) is 3.64. The SMILES string of the molecule is COC(=O)c1ccc2c(c1)C[C@]1(CCN(C(=O)OC(C)(C)C)C1=O)C2. The number of carbonyl (C=O) groups is 3. The Hall–Kier alpha value is -2.37. The Balaban J connectivity index is 1.79. The molecule has 0 saturated carbocycles. The normalized spacial score (nSPS) is 22.2. The highest BCUT2D eigenvalue weighted by Gasteiger charge is 2.52. The van der Waals surface area contributed by atoms with Crippen molar-refractivity contribution >= 4 is 18.0 Å². The summed E-state index contributed by atoms with van der Waals surface area (Å²) in [5.41, 5.74) is 1.26. The smallest absolute Gasteiger partial charge is 0.417 e. The summed E-state index contributed by atoms with van der Waals surface area (Å²) in [6.07, 6.45) is 1.14. The van der Waals surface area contributed by atoms with E-state index in [1.54, 1.807) is 32.9 Å². The standard InChI is InChI=1S/C19H23NO5/c1-18(2,3)25-17(23)20-8-7-19(16(20)22)10-13-6-5-12(15(21)24-4)9-14(13)11-19/h5-6,9H,7-8,10-11H2,1-4H3/t19-/m0/s1. The number of imide groups is 1. The number of rotatable bonds is 1. The average molecular weight is 345 g/mol. The molecule has 1 aliphatic carbocycles. The molecule has 0 unspecified atom stereocenters. The highest BCUT2D eigenvalue weighted by atomic mass is 16.6. The average Bonchev–Trinajstić information content (AvgIpc) is 3.05. The molecule has 1 heterocycles. The summed E-state index contributed by atoms with van der Waals surface area (Å²) in [5.74, 6) is -0.575. The van der Waals surface area contributed by atoms with Crippen LogP contribution in [0.25, 0.3) is 0 Å². The largest absolute Gasteiger partial charge is 0.465 e. The minimum atomic E-state index is -0.638. The third kappa shape index (κ3) is 3.13. The van der Waals surface area contributed by atoms with Crippen LogP contribution in [0.4, 0.5) is 4.79 Å². The van der Waals surface area contributed by atoms with Crippen LogP contribution in [-0.4, -0.2) is 42.1 Å². The van der Waals surface area contributed by atoms with Crippen molar-refractivity contribution in [2.24, 2.45) is 5.41 Å². The summed E-state index contributed by atoms with van der Waals surface area (Å²) in [6, 6.07) is 5.38. The van der Waals surface area contributed by atoms with E-state index in [4.69, 9.17) is 9.47 Å². The van der Waals surface area contributed by atoms with E-state index in [0.29, 0.717) is 31.4 Å². The maximum atomic E-state index is 12.9. The van der Waals surface area contributed by atoms with E-state index in [2.05, 4.69) is 0 Å². The van der Waals surface area contributed by atoms with Crippen LogP contribution < -0.4 is 0 Å². The summed E-state index contributed by atoms with van der Waals surface area (Å²) in [7, 11) is 1.34. The van der Waals surface area contributed by atoms with Crippen molar-refractivity contribution in [3.8, 4) is 0 Å². The van der Waals surface area contributed by atoms with Gasteiger partial charge in [-0.2, -0.15) is 0 Å². The van der Waals surface area contributed by atoms with Crippen LogP contribution in [0.15, 0.2) is 18.2 Å². The van der Waals surface area contributed by atoms with Crippen LogP contribution in [0.3, 0.4) is 0 Å². The zero-order chi connectivity index (χ0) is 18.4. The second-order valence-electron chi connectivity index (χ2n) is 7.80. The molecular weight excluding hydrogens is 322 g/mol. The molecule has 0 aromatic heterocycles. The summed E-state index contributed by atoms with van der Waals surface area (Å²) < 4.78 is 10.1. The Morgan fingerprint density at radius 3 is 2.48 bits per heavy atom. The maximum absolute atomic E-state index is 12.9. The van der Waals surface area contributed by atoms with Gasteiger partial charge in [-0.15, -0.1) is 0 Å². The molecule has 1 saturated heterocycles. The molecule has 0 N–H and O–H groups in total. The lowest BCUT2D eigenvalue weighted by atomic mass is 9.83. The number of ether oxygens (including phenoxy) is 2. The highest BCUT2D eigenvalue weighted by molar-refractivity contribution is 5.98. The molecule has 1 aromatic rings. The minimum absolute atomic E-state index is 0.183. The van der Waals surface area contributed by atoms with Crippen molar-refractivity contribution in [3.05, 3.63) is 34.9 Å². The van der Waals surface area contributed by atoms with Gasteiger partial charge in [-0.05, 0) is 63.3 Å². The van der Waals surface area contributed by atoms with Crippen LogP contribution >= 0.6 is 0 Å². The van der Waals surface area contributed by atoms with Gasteiger partial charge in [-0.25, -0.2) is 14.5 Å². The Morgan fingerprint density at radius 2 is 1.84 bits per heavy atom. The van der Waals surface area contributed by atoms with Gasteiger partial charge in [-0.1, -0.05) is 6.07 Å². The molecule has 1 atom stereocenters. The van der Waals surface area contributed by atoms with Crippen LogP contribution in [0.1, 0.15) is 48.7 Å². The molecule has 2 amide bonds. The minimum Gasteiger partial charge on any atom is -0.465 e. The number of hydrogen-bond donors (Lipinski definition) is 0. The molecule has 1 fully saturated rings. The van der Waals surface area contributed by atoms with E-state index < -0.39 is 23.1 Å². The van der Waals surface area contributed by atoms with Crippen LogP contribution in [0, 0.1) is 5.41 Å². The number of carbonyl (C=O) groups excluding carboxylic acids is 3. The second kappa shape index (κ2) is 5.86. The first-order chi connectivity index (χ1) is 11.6. The van der Waals surface area contributed by atoms with Gasteiger partial charge in [0.25, 0.3) is 0 Å². The van der Waals surface area contributed by atoms with Crippen molar-refractivity contribution in [2.75, 3.05) is 13.7 Å². The number of likely N-dealkylation sites (tertiary alicyclic amines) is 1. The number of hydrogen-bond acceptors (Lipinski definition) is 5. The quantitative estimate of drug-likeness (QED) is 0.732. The molecule has 6 nitrogen and oxygen atoms in total. The summed E-state index contributed by atoms with van der Waals surface area (Å²) in [6.45, 7) is 5.70. The number of amides is 2. The van der Waals surface area contributed by atoms with E-state index in [0.717, 1.165) is 11.1 Å². The van der Waals surface area contributed by atoms with Crippen molar-refractivity contribution in [3.63, 3.8) is 0 Å². The number of fused-ring (bicyclic) bond motifs is 1. The first-order valence-electron chi connectivity index (χ1n) is 8.40. The number of methoxy groups -OCH3 is 1. The molecule has 2 aliphatic rings. The van der Waals surface area contributed by atoms with Gasteiger partial charge >= 0.3 is 12.1 Å². The Bertz CT molecular complexity index is 749. The van der Waals surface area contributed by atoms with E-state index in [-0.39, 0.29) is 5.91 Å². The number of esters is 1. The van der Waals surface area contributed by atoms with E-state index in [9.17, 15) is 14.4 Å². The molecular formula is C19H23NO5. The van der Waals surface area contributed by atoms with Crippen LogP contribution in [-0.2, 0) is 27.1 Å². The van der Waals surface area contributed by atoms with Gasteiger partial charge in [0.2, 0.25) is 5.91 Å². The molecule has 3 rings (SSSR count). The molecule has 25 heavy (non-hydrogen) atoms. The molecule has 1 spiro atoms. The Labute approximate surface area is 147 Å². The number of benzene rings is 1. The van der Waals surface area contributed by atoms with E-state index >= 15 is 0 Å². The molecule has 0 radical (unpaired) electrons. The maximum Gasteiger partial charge on any atom is 0.417 e. The summed E-state index contributed by atoms with van der Waals surface area (Å²) in [5, 5.41) is 0. The predicted molar refractivity (Wildman–Crippen MR) is 90.2 cm³/mol. The molecule has 0 bridgehead atoms. The summed E-state index contributed by atoms with van der Waals surface area (Å²) >= 11 is 0. The van der Waals surface area contributed by atoms with Gasteiger partial charge in [0.15, 0.2) is 0 Å². The van der Waals surface area contributed by atoms with Gasteiger partial charge in [0.1, 0.15) is 5.60 Å². The predicted octanol–water partition coefficient (Wildman–Crippen LogP) is 2.73. The monoisotopic (exact) mass is 345 g/mol. The highest BCUT2D eigenvalue weighted by Crippen LogP contribution is 2.45. The second-order valence-corrected chi connectivity index (χ2v) is 7.80. The van der Waals surface area contributed by atoms with E-state index in [1.165, 1.54) is 12.0 Å². The van der Waals surface area contributed by atoms with Gasteiger partial charge < -0.3 is 9.47 Å². The van der Waals surface area contributed by atoms with Crippen LogP contribution in [0.5, 0.6) is 0 Å². The first kappa shape index (κ1) is 17.5. The van der Waals surface area contributed by atoms with E-state index in [1.807, 2.05) is 6.07 Å². The first-order valence-corrected chi connectivity index (χ1v) is 8.40. The fourth-order valence-electron chi connectivity index (χ4n) is 3.64.